The summed E-state index contributed by atoms with van der Waals surface area (Å²) < 4.78 is 41.0. The van der Waals surface area contributed by atoms with E-state index < -0.39 is 21.2 Å². The number of hydrogen-bond donors (Lipinski definition) is 0. The van der Waals surface area contributed by atoms with E-state index in [1.165, 1.54) is 12.1 Å². The van der Waals surface area contributed by atoms with Gasteiger partial charge in [0.05, 0.1) is 11.0 Å². The topological polar surface area (TPSA) is 61.8 Å². The van der Waals surface area contributed by atoms with Gasteiger partial charge in [0.25, 0.3) is 10.1 Å². The molecule has 1 aromatic rings. The first kappa shape index (κ1) is 14.5. The average Bonchev–Trinajstić information content (AvgIpc) is 2.94. The second-order valence-electron chi connectivity index (χ2n) is 4.98. The maximum Gasteiger partial charge on any atom is 0.297 e. The summed E-state index contributed by atoms with van der Waals surface area (Å²) in [6, 6.07) is 6.55. The smallest absolute Gasteiger partial charge is 0.297 e. The molecule has 1 aromatic carbocycles. The van der Waals surface area contributed by atoms with Crippen molar-refractivity contribution in [2.45, 2.75) is 41.6 Å². The molecule has 0 amide bonds. The molecule has 2 fully saturated rings. The number of aryl methyl sites for hydroxylation is 1. The van der Waals surface area contributed by atoms with Crippen molar-refractivity contribution in [2.75, 3.05) is 6.61 Å². The van der Waals surface area contributed by atoms with Crippen LogP contribution >= 0.6 is 15.9 Å². The predicted molar refractivity (Wildman–Crippen MR) is 75.2 cm³/mol. The van der Waals surface area contributed by atoms with E-state index >= 15 is 0 Å². The summed E-state index contributed by atoms with van der Waals surface area (Å²) in [5.74, 6) is 0. The molecule has 110 valence electrons. The minimum Gasteiger partial charge on any atom is -0.372 e. The lowest BCUT2D eigenvalue weighted by molar-refractivity contribution is 0.0318. The molecule has 2 saturated heterocycles. The van der Waals surface area contributed by atoms with Gasteiger partial charge in [-0.2, -0.15) is 8.42 Å². The van der Waals surface area contributed by atoms with Crippen LogP contribution in [0.15, 0.2) is 29.2 Å². The van der Waals surface area contributed by atoms with E-state index in [2.05, 4.69) is 15.9 Å². The van der Waals surface area contributed by atoms with Gasteiger partial charge < -0.3 is 9.47 Å². The van der Waals surface area contributed by atoms with E-state index in [4.69, 9.17) is 13.7 Å². The van der Waals surface area contributed by atoms with Crippen molar-refractivity contribution < 1.29 is 22.1 Å². The fourth-order valence-electron chi connectivity index (χ4n) is 2.44. The minimum atomic E-state index is -3.82. The predicted octanol–water partition coefficient (Wildman–Crippen LogP) is 1.98. The number of ether oxygens (including phenoxy) is 2. The first-order valence-electron chi connectivity index (χ1n) is 6.38. The van der Waals surface area contributed by atoms with Crippen molar-refractivity contribution in [3.63, 3.8) is 0 Å². The van der Waals surface area contributed by atoms with Crippen molar-refractivity contribution in [3.05, 3.63) is 29.8 Å². The summed E-state index contributed by atoms with van der Waals surface area (Å²) in [5, 5.41) is -0.474. The Labute approximate surface area is 126 Å². The second kappa shape index (κ2) is 5.38. The number of fused-ring (bicyclic) bond motifs is 1. The standard InChI is InChI=1S/C13H15BrO5S/c1-8-2-4-9(5-3-8)20(15,16)19-12-11-10(6-7-17-11)18-13(12)14/h2-5,10-13H,6-7H2,1H3/t10-,11?,12?,13?/m0/s1. The van der Waals surface area contributed by atoms with Crippen molar-refractivity contribution in [3.8, 4) is 0 Å². The fourth-order valence-corrected chi connectivity index (χ4v) is 4.35. The highest BCUT2D eigenvalue weighted by molar-refractivity contribution is 9.09. The molecule has 3 unspecified atom stereocenters. The van der Waals surface area contributed by atoms with E-state index in [0.717, 1.165) is 12.0 Å². The van der Waals surface area contributed by atoms with Crippen molar-refractivity contribution in [2.24, 2.45) is 0 Å². The number of benzene rings is 1. The van der Waals surface area contributed by atoms with E-state index in [9.17, 15) is 8.42 Å². The van der Waals surface area contributed by atoms with Gasteiger partial charge in [-0.05, 0) is 25.5 Å². The number of rotatable bonds is 3. The Morgan fingerprint density at radius 2 is 2.00 bits per heavy atom. The van der Waals surface area contributed by atoms with Gasteiger partial charge in [-0.1, -0.05) is 33.6 Å². The van der Waals surface area contributed by atoms with Crippen LogP contribution in [0.5, 0.6) is 0 Å². The lowest BCUT2D eigenvalue weighted by Gasteiger charge is -2.18. The van der Waals surface area contributed by atoms with E-state index in [-0.39, 0.29) is 17.1 Å². The number of hydrogen-bond acceptors (Lipinski definition) is 5. The molecule has 2 aliphatic heterocycles. The lowest BCUT2D eigenvalue weighted by Crippen LogP contribution is -2.34. The molecule has 2 heterocycles. The molecule has 3 rings (SSSR count). The molecular weight excluding hydrogens is 348 g/mol. The second-order valence-corrected chi connectivity index (χ2v) is 7.45. The first-order valence-corrected chi connectivity index (χ1v) is 8.71. The molecule has 0 aromatic heterocycles. The third kappa shape index (κ3) is 2.65. The molecule has 0 aliphatic carbocycles. The molecule has 20 heavy (non-hydrogen) atoms. The van der Waals surface area contributed by atoms with Crippen LogP contribution < -0.4 is 0 Å². The summed E-state index contributed by atoms with van der Waals surface area (Å²) in [4.78, 5) is 0.143. The number of halogens is 1. The largest absolute Gasteiger partial charge is 0.372 e. The Morgan fingerprint density at radius 3 is 2.70 bits per heavy atom. The van der Waals surface area contributed by atoms with Gasteiger partial charge in [-0.15, -0.1) is 0 Å². The maximum absolute atomic E-state index is 12.3. The zero-order valence-electron chi connectivity index (χ0n) is 10.9. The molecule has 2 aliphatic rings. The molecule has 0 N–H and O–H groups in total. The van der Waals surface area contributed by atoms with Gasteiger partial charge in [-0.25, -0.2) is 0 Å². The Morgan fingerprint density at radius 1 is 1.30 bits per heavy atom. The highest BCUT2D eigenvalue weighted by atomic mass is 79.9. The molecule has 5 nitrogen and oxygen atoms in total. The van der Waals surface area contributed by atoms with Gasteiger partial charge in [0.2, 0.25) is 0 Å². The van der Waals surface area contributed by atoms with Crippen molar-refractivity contribution in [1.29, 1.82) is 0 Å². The van der Waals surface area contributed by atoms with E-state index in [0.29, 0.717) is 6.61 Å². The van der Waals surface area contributed by atoms with Gasteiger partial charge in [0.1, 0.15) is 17.2 Å². The molecule has 4 atom stereocenters. The normalized spacial score (nSPS) is 33.3. The van der Waals surface area contributed by atoms with Crippen LogP contribution in [0.2, 0.25) is 0 Å². The summed E-state index contributed by atoms with van der Waals surface area (Å²) in [6.07, 6.45) is -0.331. The summed E-state index contributed by atoms with van der Waals surface area (Å²) >= 11 is 3.31. The van der Waals surface area contributed by atoms with Crippen LogP contribution in [0.1, 0.15) is 12.0 Å². The zero-order chi connectivity index (χ0) is 14.3. The summed E-state index contributed by atoms with van der Waals surface area (Å²) in [6.45, 7) is 2.47. The third-order valence-corrected chi connectivity index (χ3v) is 5.58. The lowest BCUT2D eigenvalue weighted by atomic mass is 10.1. The quantitative estimate of drug-likeness (QED) is 0.607. The van der Waals surface area contributed by atoms with Crippen LogP contribution in [-0.4, -0.2) is 38.3 Å². The van der Waals surface area contributed by atoms with Gasteiger partial charge in [0.15, 0.2) is 0 Å². The Balaban J connectivity index is 1.81. The monoisotopic (exact) mass is 362 g/mol. The first-order chi connectivity index (χ1) is 9.47. The van der Waals surface area contributed by atoms with Crippen LogP contribution in [0, 0.1) is 6.92 Å². The average molecular weight is 363 g/mol. The van der Waals surface area contributed by atoms with Crippen LogP contribution in [0.4, 0.5) is 0 Å². The SMILES string of the molecule is Cc1ccc(S(=O)(=O)OC2C(Br)O[C@H]3CCOC23)cc1. The summed E-state index contributed by atoms with van der Waals surface area (Å²) in [5.41, 5.74) is 0.991. The summed E-state index contributed by atoms with van der Waals surface area (Å²) in [7, 11) is -3.82. The van der Waals surface area contributed by atoms with E-state index in [1.54, 1.807) is 12.1 Å². The van der Waals surface area contributed by atoms with Crippen LogP contribution in [-0.2, 0) is 23.8 Å². The third-order valence-electron chi connectivity index (χ3n) is 3.51. The fraction of sp³-hybridized carbons (Fsp3) is 0.538. The maximum atomic E-state index is 12.3. The van der Waals surface area contributed by atoms with Crippen molar-refractivity contribution in [1.82, 2.24) is 0 Å². The molecule has 0 bridgehead atoms. The van der Waals surface area contributed by atoms with Gasteiger partial charge in [0, 0.05) is 6.61 Å². The Kier molecular flexibility index (Phi) is 3.89. The van der Waals surface area contributed by atoms with Gasteiger partial charge >= 0.3 is 0 Å². The molecule has 7 heteroatoms. The van der Waals surface area contributed by atoms with Crippen LogP contribution in [0.3, 0.4) is 0 Å². The van der Waals surface area contributed by atoms with Crippen LogP contribution in [0.25, 0.3) is 0 Å². The Bertz CT molecular complexity index is 585. The molecule has 0 saturated carbocycles. The minimum absolute atomic E-state index is 0.0995. The molecule has 0 spiro atoms. The molecule has 0 radical (unpaired) electrons. The zero-order valence-corrected chi connectivity index (χ0v) is 13.3. The highest BCUT2D eigenvalue weighted by Crippen LogP contribution is 2.36. The Hall–Kier alpha value is -0.470. The van der Waals surface area contributed by atoms with Crippen molar-refractivity contribution >= 4 is 26.0 Å². The molecular formula is C13H15BrO5S. The van der Waals surface area contributed by atoms with E-state index in [1.807, 2.05) is 6.92 Å². The van der Waals surface area contributed by atoms with Gasteiger partial charge in [-0.3, -0.25) is 4.18 Å². The highest BCUT2D eigenvalue weighted by Gasteiger charge is 2.50. The number of alkyl halides is 1.